The van der Waals surface area contributed by atoms with E-state index in [1.54, 1.807) is 0 Å². The van der Waals surface area contributed by atoms with Gasteiger partial charge in [-0.25, -0.2) is 8.96 Å². The van der Waals surface area contributed by atoms with Crippen LogP contribution in [0.15, 0.2) is 0 Å². The van der Waals surface area contributed by atoms with Crippen LogP contribution in [0.1, 0.15) is 0 Å². The quantitative estimate of drug-likeness (QED) is 0.436. The second-order valence-electron chi connectivity index (χ2n) is 4.65. The molecule has 0 radical (unpaired) electrons. The summed E-state index contributed by atoms with van der Waals surface area (Å²) in [6.45, 7) is -2.18. The number of hydrogen-bond acceptors (Lipinski definition) is 9. The Balaban J connectivity index is 2.12. The lowest BCUT2D eigenvalue weighted by atomic mass is 10.2. The fraction of sp³-hybridized carbons (Fsp3) is 1.00. The Bertz CT molecular complexity index is 414. The molecule has 2 fully saturated rings. The van der Waals surface area contributed by atoms with Gasteiger partial charge in [0, 0.05) is 0 Å². The summed E-state index contributed by atoms with van der Waals surface area (Å²) >= 11 is 0. The Labute approximate surface area is 126 Å². The maximum Gasteiger partial charge on any atom is 0.472 e. The van der Waals surface area contributed by atoms with E-state index < -0.39 is 60.2 Å². The Hall–Kier alpha value is 0.230. The van der Waals surface area contributed by atoms with Crippen LogP contribution >= 0.6 is 16.4 Å². The largest absolute Gasteiger partial charge is 0.472 e. The number of fused-ring (bicyclic) bond motifs is 1. The van der Waals surface area contributed by atoms with Crippen LogP contribution in [-0.2, 0) is 27.4 Å². The molecule has 0 saturated carbocycles. The van der Waals surface area contributed by atoms with E-state index in [-0.39, 0.29) is 13.2 Å². The number of hydrogen-bond donors (Lipinski definition) is 4. The highest BCUT2D eigenvalue weighted by atomic mass is 31.2. The highest BCUT2D eigenvalue weighted by Crippen LogP contribution is 2.48. The van der Waals surface area contributed by atoms with Gasteiger partial charge in [0.2, 0.25) is 0 Å². The zero-order valence-corrected chi connectivity index (χ0v) is 13.0. The molecule has 0 bridgehead atoms. The van der Waals surface area contributed by atoms with Crippen molar-refractivity contribution in [2.45, 2.75) is 30.6 Å². The normalized spacial score (nSPS) is 48.2. The first kappa shape index (κ1) is 18.6. The minimum Gasteiger partial charge on any atom is -0.394 e. The SMILES string of the molecule is O=P1(O)OC[C@@H](O)C(CO)OP(O)OC[C@H]2OCC(F)C2O1. The third kappa shape index (κ3) is 4.86. The van der Waals surface area contributed by atoms with Crippen molar-refractivity contribution in [3.8, 4) is 0 Å². The van der Waals surface area contributed by atoms with Gasteiger partial charge in [0.15, 0.2) is 6.17 Å². The maximum absolute atomic E-state index is 13.7. The summed E-state index contributed by atoms with van der Waals surface area (Å²) < 4.78 is 49.5. The van der Waals surface area contributed by atoms with Crippen LogP contribution in [0.3, 0.4) is 0 Å². The van der Waals surface area contributed by atoms with E-state index >= 15 is 0 Å². The number of halogens is 1. The topological polar surface area (TPSA) is 144 Å². The van der Waals surface area contributed by atoms with Crippen molar-refractivity contribution >= 4 is 16.4 Å². The molecule has 2 saturated heterocycles. The van der Waals surface area contributed by atoms with Crippen LogP contribution in [-0.4, -0.2) is 77.0 Å². The molecule has 0 amide bonds. The van der Waals surface area contributed by atoms with E-state index in [0.717, 1.165) is 0 Å². The summed E-state index contributed by atoms with van der Waals surface area (Å²) in [7, 11) is -7.15. The molecule has 10 nitrogen and oxygen atoms in total. The Kier molecular flexibility index (Phi) is 6.64. The van der Waals surface area contributed by atoms with Gasteiger partial charge >= 0.3 is 16.4 Å². The first-order chi connectivity index (χ1) is 10.3. The van der Waals surface area contributed by atoms with Gasteiger partial charge in [-0.1, -0.05) is 0 Å². The van der Waals surface area contributed by atoms with E-state index in [9.17, 15) is 23.8 Å². The van der Waals surface area contributed by atoms with Crippen LogP contribution in [0.5, 0.6) is 0 Å². The Morgan fingerprint density at radius 2 is 2.05 bits per heavy atom. The summed E-state index contributed by atoms with van der Waals surface area (Å²) in [6.07, 6.45) is -6.99. The first-order valence-corrected chi connectivity index (χ1v) is 8.94. The Morgan fingerprint density at radius 3 is 2.73 bits per heavy atom. The molecule has 0 aromatic carbocycles. The van der Waals surface area contributed by atoms with Crippen molar-refractivity contribution in [3.63, 3.8) is 0 Å². The summed E-state index contributed by atoms with van der Waals surface area (Å²) in [5, 5.41) is 18.8. The predicted octanol–water partition coefficient (Wildman–Crippen LogP) is -0.787. The van der Waals surface area contributed by atoms with E-state index in [4.69, 9.17) is 23.4 Å². The molecule has 130 valence electrons. The third-order valence-corrected chi connectivity index (χ3v) is 4.85. The Morgan fingerprint density at radius 1 is 1.32 bits per heavy atom. The maximum atomic E-state index is 13.7. The molecule has 0 spiro atoms. The van der Waals surface area contributed by atoms with Crippen molar-refractivity contribution in [2.24, 2.45) is 0 Å². The molecule has 22 heavy (non-hydrogen) atoms. The highest BCUT2D eigenvalue weighted by molar-refractivity contribution is 7.47. The van der Waals surface area contributed by atoms with Crippen molar-refractivity contribution in [1.29, 1.82) is 0 Å². The van der Waals surface area contributed by atoms with Crippen LogP contribution in [0.25, 0.3) is 0 Å². The fourth-order valence-electron chi connectivity index (χ4n) is 1.89. The molecule has 4 N–H and O–H groups in total. The summed E-state index contributed by atoms with van der Waals surface area (Å²) in [5.41, 5.74) is 0. The van der Waals surface area contributed by atoms with Gasteiger partial charge in [-0.3, -0.25) is 9.05 Å². The molecule has 2 rings (SSSR count). The van der Waals surface area contributed by atoms with E-state index in [2.05, 4.69) is 4.52 Å². The van der Waals surface area contributed by atoms with E-state index in [0.29, 0.717) is 0 Å². The van der Waals surface area contributed by atoms with Gasteiger partial charge in [-0.05, 0) is 0 Å². The molecule has 0 aliphatic carbocycles. The van der Waals surface area contributed by atoms with E-state index in [1.807, 2.05) is 0 Å². The molecule has 7 atom stereocenters. The molecule has 2 heterocycles. The van der Waals surface area contributed by atoms with Crippen molar-refractivity contribution in [1.82, 2.24) is 0 Å². The number of aliphatic hydroxyl groups excluding tert-OH is 2. The summed E-state index contributed by atoms with van der Waals surface area (Å²) in [6, 6.07) is 0. The van der Waals surface area contributed by atoms with Crippen LogP contribution < -0.4 is 0 Å². The smallest absolute Gasteiger partial charge is 0.394 e. The van der Waals surface area contributed by atoms with Gasteiger partial charge in [-0.2, -0.15) is 0 Å². The molecule has 0 aromatic rings. The van der Waals surface area contributed by atoms with Gasteiger partial charge in [0.05, 0.1) is 26.4 Å². The van der Waals surface area contributed by atoms with Gasteiger partial charge in [-0.15, -0.1) is 0 Å². The number of phosphoric ester groups is 1. The number of phosphoric acid groups is 1. The van der Waals surface area contributed by atoms with Crippen molar-refractivity contribution in [3.05, 3.63) is 0 Å². The predicted molar refractivity (Wildman–Crippen MR) is 68.3 cm³/mol. The van der Waals surface area contributed by atoms with Gasteiger partial charge < -0.3 is 33.8 Å². The van der Waals surface area contributed by atoms with Crippen LogP contribution in [0.4, 0.5) is 4.39 Å². The number of aliphatic hydroxyl groups is 2. The molecule has 5 unspecified atom stereocenters. The van der Waals surface area contributed by atoms with Gasteiger partial charge in [0.25, 0.3) is 0 Å². The van der Waals surface area contributed by atoms with Crippen molar-refractivity contribution < 1.29 is 51.8 Å². The van der Waals surface area contributed by atoms with Gasteiger partial charge in [0.1, 0.15) is 24.4 Å². The molecule has 0 aromatic heterocycles. The molecular weight excluding hydrogens is 349 g/mol. The van der Waals surface area contributed by atoms with Crippen LogP contribution in [0, 0.1) is 0 Å². The molecule has 2 aliphatic heterocycles. The molecule has 2 aliphatic rings. The lowest BCUT2D eigenvalue weighted by molar-refractivity contribution is -0.0533. The minimum atomic E-state index is -4.67. The second-order valence-corrected chi connectivity index (χ2v) is 7.00. The standard InChI is InChI=1S/C9H17FO10P2/c10-5-2-16-8-4-17-21(13)19-7(1-11)6(12)3-18-22(14,15)20-9(5)8/h5-9,11-13H,1-4H2,(H,14,15)/t5?,6-,7?,8-,9?,21?/m1/s1. The summed E-state index contributed by atoms with van der Waals surface area (Å²) in [5.74, 6) is 0. The average molecular weight is 366 g/mol. The fourth-order valence-corrected chi connectivity index (χ4v) is 3.64. The zero-order valence-electron chi connectivity index (χ0n) is 11.2. The summed E-state index contributed by atoms with van der Waals surface area (Å²) in [4.78, 5) is 19.1. The zero-order chi connectivity index (χ0) is 16.3. The highest BCUT2D eigenvalue weighted by Gasteiger charge is 2.44. The first-order valence-electron chi connectivity index (χ1n) is 6.31. The molecule has 13 heteroatoms. The minimum absolute atomic E-state index is 0.370. The monoisotopic (exact) mass is 366 g/mol. The average Bonchev–Trinajstić information content (AvgIpc) is 2.79. The lowest BCUT2D eigenvalue weighted by Crippen LogP contribution is -2.37. The van der Waals surface area contributed by atoms with E-state index in [1.165, 1.54) is 0 Å². The molecular formula is C9H17FO10P2. The number of rotatable bonds is 1. The van der Waals surface area contributed by atoms with Crippen molar-refractivity contribution in [2.75, 3.05) is 26.4 Å². The second kappa shape index (κ2) is 7.87. The van der Waals surface area contributed by atoms with Crippen LogP contribution in [0.2, 0.25) is 0 Å². The third-order valence-electron chi connectivity index (χ3n) is 3.04. The lowest BCUT2D eigenvalue weighted by Gasteiger charge is -2.27. The number of alkyl halides is 1. The number of ether oxygens (including phenoxy) is 1.